The van der Waals surface area contributed by atoms with Crippen molar-refractivity contribution in [1.29, 1.82) is 0 Å². The number of hydrogen-bond acceptors (Lipinski definition) is 3. The van der Waals surface area contributed by atoms with Gasteiger partial charge in [0, 0.05) is 18.7 Å². The van der Waals surface area contributed by atoms with Gasteiger partial charge >= 0.3 is 0 Å². The van der Waals surface area contributed by atoms with Gasteiger partial charge in [-0.3, -0.25) is 14.4 Å². The standard InChI is InChI=1S/C16H21N3O3/c1-12-6-2-3-7-13(12)16(22)18-10-14(20)17-11-15(21)19-8-4-5-9-19/h2-3,6-7H,4-5,8-11H2,1H3,(H,17,20)(H,18,22). The Hall–Kier alpha value is -2.37. The van der Waals surface area contributed by atoms with Crippen LogP contribution in [0.5, 0.6) is 0 Å². The normalized spacial score (nSPS) is 13.8. The summed E-state index contributed by atoms with van der Waals surface area (Å²) in [5.41, 5.74) is 1.40. The van der Waals surface area contributed by atoms with E-state index < -0.39 is 0 Å². The zero-order valence-electron chi connectivity index (χ0n) is 12.7. The van der Waals surface area contributed by atoms with Gasteiger partial charge in [-0.25, -0.2) is 0 Å². The largest absolute Gasteiger partial charge is 0.345 e. The number of nitrogens with zero attached hydrogens (tertiary/aromatic N) is 1. The number of carbonyl (C=O) groups is 3. The average molecular weight is 303 g/mol. The lowest BCUT2D eigenvalue weighted by molar-refractivity contribution is -0.131. The quantitative estimate of drug-likeness (QED) is 0.829. The molecule has 0 aromatic heterocycles. The number of likely N-dealkylation sites (tertiary alicyclic amines) is 1. The number of benzene rings is 1. The van der Waals surface area contributed by atoms with Crippen LogP contribution in [0.2, 0.25) is 0 Å². The molecule has 1 saturated heterocycles. The Morgan fingerprint density at radius 1 is 1.05 bits per heavy atom. The van der Waals surface area contributed by atoms with Gasteiger partial charge in [0.1, 0.15) is 0 Å². The summed E-state index contributed by atoms with van der Waals surface area (Å²) >= 11 is 0. The number of carbonyl (C=O) groups excluding carboxylic acids is 3. The molecule has 2 rings (SSSR count). The van der Waals surface area contributed by atoms with Crippen molar-refractivity contribution in [3.05, 3.63) is 35.4 Å². The number of amides is 3. The summed E-state index contributed by atoms with van der Waals surface area (Å²) < 4.78 is 0. The molecule has 22 heavy (non-hydrogen) atoms. The Morgan fingerprint density at radius 3 is 2.41 bits per heavy atom. The van der Waals surface area contributed by atoms with Gasteiger partial charge in [-0.1, -0.05) is 18.2 Å². The first-order valence-corrected chi connectivity index (χ1v) is 7.46. The third kappa shape index (κ3) is 4.31. The van der Waals surface area contributed by atoms with Gasteiger partial charge in [0.2, 0.25) is 11.8 Å². The highest BCUT2D eigenvalue weighted by molar-refractivity contribution is 5.97. The molecular weight excluding hydrogens is 282 g/mol. The fraction of sp³-hybridized carbons (Fsp3) is 0.438. The second-order valence-electron chi connectivity index (χ2n) is 5.36. The molecule has 3 amide bonds. The molecule has 0 saturated carbocycles. The highest BCUT2D eigenvalue weighted by atomic mass is 16.2. The van der Waals surface area contributed by atoms with Crippen molar-refractivity contribution in [2.24, 2.45) is 0 Å². The molecule has 1 aliphatic heterocycles. The topological polar surface area (TPSA) is 78.5 Å². The Morgan fingerprint density at radius 2 is 1.73 bits per heavy atom. The van der Waals surface area contributed by atoms with Gasteiger partial charge in [-0.05, 0) is 31.4 Å². The lowest BCUT2D eigenvalue weighted by Gasteiger charge is -2.15. The summed E-state index contributed by atoms with van der Waals surface area (Å²) in [6.45, 7) is 3.21. The molecule has 1 aromatic rings. The average Bonchev–Trinajstić information content (AvgIpc) is 3.05. The Bertz CT molecular complexity index is 566. The van der Waals surface area contributed by atoms with Crippen LogP contribution in [0.3, 0.4) is 0 Å². The van der Waals surface area contributed by atoms with Crippen LogP contribution in [0.25, 0.3) is 0 Å². The van der Waals surface area contributed by atoms with Gasteiger partial charge in [-0.15, -0.1) is 0 Å². The maximum absolute atomic E-state index is 12.0. The maximum Gasteiger partial charge on any atom is 0.251 e. The van der Waals surface area contributed by atoms with Crippen LogP contribution in [-0.2, 0) is 9.59 Å². The zero-order valence-corrected chi connectivity index (χ0v) is 12.7. The van der Waals surface area contributed by atoms with Crippen LogP contribution in [-0.4, -0.2) is 48.8 Å². The van der Waals surface area contributed by atoms with E-state index in [1.165, 1.54) is 0 Å². The van der Waals surface area contributed by atoms with Crippen LogP contribution < -0.4 is 10.6 Å². The van der Waals surface area contributed by atoms with E-state index in [1.807, 2.05) is 19.1 Å². The van der Waals surface area contributed by atoms with Crippen LogP contribution in [0, 0.1) is 6.92 Å². The Balaban J connectivity index is 1.72. The lowest BCUT2D eigenvalue weighted by Crippen LogP contribution is -2.42. The van der Waals surface area contributed by atoms with Gasteiger partial charge in [0.05, 0.1) is 13.1 Å². The minimum absolute atomic E-state index is 0.0148. The van der Waals surface area contributed by atoms with Crippen molar-refractivity contribution < 1.29 is 14.4 Å². The number of nitrogens with one attached hydrogen (secondary N) is 2. The minimum Gasteiger partial charge on any atom is -0.345 e. The maximum atomic E-state index is 12.0. The fourth-order valence-corrected chi connectivity index (χ4v) is 2.40. The predicted molar refractivity (Wildman–Crippen MR) is 82.3 cm³/mol. The Kier molecular flexibility index (Phi) is 5.52. The van der Waals surface area contributed by atoms with E-state index in [0.717, 1.165) is 31.5 Å². The Labute approximate surface area is 129 Å². The first-order valence-electron chi connectivity index (χ1n) is 7.46. The number of rotatable bonds is 5. The smallest absolute Gasteiger partial charge is 0.251 e. The molecule has 6 heteroatoms. The molecule has 1 aliphatic rings. The third-order valence-corrected chi connectivity index (χ3v) is 3.69. The SMILES string of the molecule is Cc1ccccc1C(=O)NCC(=O)NCC(=O)N1CCCC1. The van der Waals surface area contributed by atoms with Crippen LogP contribution in [0.4, 0.5) is 0 Å². The summed E-state index contributed by atoms with van der Waals surface area (Å²) in [6, 6.07) is 7.17. The molecule has 2 N–H and O–H groups in total. The molecule has 0 aliphatic carbocycles. The summed E-state index contributed by atoms with van der Waals surface area (Å²) in [6.07, 6.45) is 2.04. The van der Waals surface area contributed by atoms with E-state index in [9.17, 15) is 14.4 Å². The van der Waals surface area contributed by atoms with Crippen molar-refractivity contribution in [2.45, 2.75) is 19.8 Å². The highest BCUT2D eigenvalue weighted by Crippen LogP contribution is 2.07. The van der Waals surface area contributed by atoms with E-state index in [-0.39, 0.29) is 30.8 Å². The van der Waals surface area contributed by atoms with Gasteiger partial charge < -0.3 is 15.5 Å². The van der Waals surface area contributed by atoms with Gasteiger partial charge in [0.15, 0.2) is 0 Å². The van der Waals surface area contributed by atoms with Crippen LogP contribution >= 0.6 is 0 Å². The zero-order chi connectivity index (χ0) is 15.9. The van der Waals surface area contributed by atoms with E-state index >= 15 is 0 Å². The van der Waals surface area contributed by atoms with E-state index in [4.69, 9.17) is 0 Å². The molecule has 0 unspecified atom stereocenters. The summed E-state index contributed by atoms with van der Waals surface area (Å²) in [4.78, 5) is 37.2. The summed E-state index contributed by atoms with van der Waals surface area (Å²) in [5, 5.41) is 5.09. The van der Waals surface area contributed by atoms with Crippen molar-refractivity contribution in [3.63, 3.8) is 0 Å². The number of hydrogen-bond donors (Lipinski definition) is 2. The van der Waals surface area contributed by atoms with Gasteiger partial charge in [-0.2, -0.15) is 0 Å². The van der Waals surface area contributed by atoms with E-state index in [0.29, 0.717) is 5.56 Å². The van der Waals surface area contributed by atoms with E-state index in [1.54, 1.807) is 17.0 Å². The van der Waals surface area contributed by atoms with Gasteiger partial charge in [0.25, 0.3) is 5.91 Å². The van der Waals surface area contributed by atoms with E-state index in [2.05, 4.69) is 10.6 Å². The second kappa shape index (κ2) is 7.59. The second-order valence-corrected chi connectivity index (χ2v) is 5.36. The van der Waals surface area contributed by atoms with Crippen molar-refractivity contribution in [2.75, 3.05) is 26.2 Å². The molecule has 0 spiro atoms. The lowest BCUT2D eigenvalue weighted by atomic mass is 10.1. The first kappa shape index (κ1) is 16.0. The minimum atomic E-state index is -0.366. The number of aryl methyl sites for hydroxylation is 1. The predicted octanol–water partition coefficient (Wildman–Crippen LogP) is 0.463. The molecule has 118 valence electrons. The molecule has 0 bridgehead atoms. The molecule has 6 nitrogen and oxygen atoms in total. The molecule has 1 heterocycles. The summed E-state index contributed by atoms with van der Waals surface area (Å²) in [5.74, 6) is -0.732. The molecule has 1 aromatic carbocycles. The fourth-order valence-electron chi connectivity index (χ4n) is 2.40. The molecule has 0 radical (unpaired) electrons. The molecular formula is C16H21N3O3. The third-order valence-electron chi connectivity index (χ3n) is 3.69. The monoisotopic (exact) mass is 303 g/mol. The molecule has 0 atom stereocenters. The molecule has 1 fully saturated rings. The first-order chi connectivity index (χ1) is 10.6. The van der Waals surface area contributed by atoms with Crippen LogP contribution in [0.15, 0.2) is 24.3 Å². The van der Waals surface area contributed by atoms with Crippen molar-refractivity contribution >= 4 is 17.7 Å². The summed E-state index contributed by atoms with van der Waals surface area (Å²) in [7, 11) is 0. The van der Waals surface area contributed by atoms with Crippen molar-refractivity contribution in [1.82, 2.24) is 15.5 Å². The highest BCUT2D eigenvalue weighted by Gasteiger charge is 2.18. The van der Waals surface area contributed by atoms with Crippen molar-refractivity contribution in [3.8, 4) is 0 Å². The van der Waals surface area contributed by atoms with Crippen LogP contribution in [0.1, 0.15) is 28.8 Å².